The van der Waals surface area contributed by atoms with Gasteiger partial charge in [-0.25, -0.2) is 4.79 Å². The summed E-state index contributed by atoms with van der Waals surface area (Å²) in [6.45, 7) is 4.94. The lowest BCUT2D eigenvalue weighted by molar-refractivity contribution is -0.133. The van der Waals surface area contributed by atoms with Gasteiger partial charge in [0.1, 0.15) is 18.1 Å². The van der Waals surface area contributed by atoms with Gasteiger partial charge in [-0.3, -0.25) is 4.79 Å². The molecule has 3 amide bonds. The molecular weight excluding hydrogens is 416 g/mol. The Hall–Kier alpha value is -4.05. The van der Waals surface area contributed by atoms with Crippen molar-refractivity contribution < 1.29 is 14.0 Å². The highest BCUT2D eigenvalue weighted by atomic mass is 16.3. The van der Waals surface area contributed by atoms with Gasteiger partial charge in [-0.15, -0.1) is 0 Å². The summed E-state index contributed by atoms with van der Waals surface area (Å²) < 4.78 is 5.69. The second-order valence-corrected chi connectivity index (χ2v) is 7.79. The molecule has 1 aromatic heterocycles. The number of hydrogen-bond acceptors (Lipinski definition) is 4. The first kappa shape index (κ1) is 23.6. The van der Waals surface area contributed by atoms with Gasteiger partial charge >= 0.3 is 6.03 Å². The van der Waals surface area contributed by atoms with Crippen LogP contribution in [0.4, 0.5) is 10.5 Å². The van der Waals surface area contributed by atoms with Gasteiger partial charge in [0.15, 0.2) is 0 Å². The number of urea groups is 1. The molecule has 0 aliphatic carbocycles. The third-order valence-electron chi connectivity index (χ3n) is 5.08. The van der Waals surface area contributed by atoms with Crippen LogP contribution in [0.3, 0.4) is 0 Å². The van der Waals surface area contributed by atoms with Gasteiger partial charge in [-0.05, 0) is 55.3 Å². The van der Waals surface area contributed by atoms with Gasteiger partial charge < -0.3 is 19.5 Å². The van der Waals surface area contributed by atoms with Gasteiger partial charge in [0.2, 0.25) is 5.91 Å². The minimum atomic E-state index is -0.358. The fourth-order valence-corrected chi connectivity index (χ4v) is 3.41. The highest BCUT2D eigenvalue weighted by molar-refractivity contribution is 5.92. The van der Waals surface area contributed by atoms with Crippen molar-refractivity contribution in [3.05, 3.63) is 89.4 Å². The Kier molecular flexibility index (Phi) is 8.25. The molecule has 3 rings (SSSR count). The van der Waals surface area contributed by atoms with Crippen LogP contribution in [0.25, 0.3) is 0 Å². The Morgan fingerprint density at radius 3 is 2.30 bits per heavy atom. The number of hydrogen-bond donors (Lipinski definition) is 1. The lowest BCUT2D eigenvalue weighted by Gasteiger charge is -2.27. The van der Waals surface area contributed by atoms with Crippen LogP contribution in [-0.2, 0) is 17.9 Å². The number of nitrogens with one attached hydrogen (secondary N) is 1. The van der Waals surface area contributed by atoms with Crippen molar-refractivity contribution >= 4 is 17.6 Å². The number of nitriles is 1. The first-order valence-electron chi connectivity index (χ1n) is 10.9. The van der Waals surface area contributed by atoms with E-state index >= 15 is 0 Å². The number of nitrogens with zero attached hydrogens (tertiary/aromatic N) is 3. The Balaban J connectivity index is 1.72. The van der Waals surface area contributed by atoms with Crippen molar-refractivity contribution in [1.82, 2.24) is 9.80 Å². The third kappa shape index (κ3) is 6.97. The molecule has 0 fully saturated rings. The lowest BCUT2D eigenvalue weighted by Crippen LogP contribution is -2.44. The van der Waals surface area contributed by atoms with Gasteiger partial charge in [0, 0.05) is 18.8 Å². The summed E-state index contributed by atoms with van der Waals surface area (Å²) in [5, 5.41) is 11.8. The molecule has 0 atom stereocenters. The number of anilines is 1. The molecule has 0 saturated carbocycles. The molecule has 0 bridgehead atoms. The third-order valence-corrected chi connectivity index (χ3v) is 5.08. The van der Waals surface area contributed by atoms with E-state index in [-0.39, 0.29) is 18.5 Å². The lowest BCUT2D eigenvalue weighted by atomic mass is 10.2. The van der Waals surface area contributed by atoms with Crippen LogP contribution in [0, 0.1) is 18.3 Å². The van der Waals surface area contributed by atoms with Crippen LogP contribution >= 0.6 is 0 Å². The van der Waals surface area contributed by atoms with E-state index < -0.39 is 0 Å². The smallest absolute Gasteiger partial charge is 0.322 e. The molecule has 3 aromatic rings. The van der Waals surface area contributed by atoms with E-state index in [1.165, 1.54) is 4.90 Å². The SMILES string of the molecule is CCCN(CC(=O)N(Cc1ccccc1)Cc1ccc(C)o1)C(=O)Nc1ccc(C#N)cc1. The first-order valence-corrected chi connectivity index (χ1v) is 10.9. The molecular formula is C26H28N4O3. The summed E-state index contributed by atoms with van der Waals surface area (Å²) in [5.41, 5.74) is 2.08. The van der Waals surface area contributed by atoms with Crippen molar-refractivity contribution in [3.63, 3.8) is 0 Å². The Morgan fingerprint density at radius 1 is 0.970 bits per heavy atom. The number of benzene rings is 2. The normalized spacial score (nSPS) is 10.3. The predicted molar refractivity (Wildman–Crippen MR) is 126 cm³/mol. The highest BCUT2D eigenvalue weighted by Crippen LogP contribution is 2.15. The van der Waals surface area contributed by atoms with Crippen LogP contribution in [-0.4, -0.2) is 34.8 Å². The minimum Gasteiger partial charge on any atom is -0.464 e. The molecule has 170 valence electrons. The second kappa shape index (κ2) is 11.5. The van der Waals surface area contributed by atoms with Gasteiger partial charge in [-0.1, -0.05) is 37.3 Å². The van der Waals surface area contributed by atoms with Crippen LogP contribution < -0.4 is 5.32 Å². The summed E-state index contributed by atoms with van der Waals surface area (Å²) in [7, 11) is 0. The molecule has 0 saturated heterocycles. The Morgan fingerprint density at radius 2 is 1.70 bits per heavy atom. The van der Waals surface area contributed by atoms with Crippen LogP contribution in [0.15, 0.2) is 71.1 Å². The van der Waals surface area contributed by atoms with Crippen molar-refractivity contribution in [3.8, 4) is 6.07 Å². The number of aryl methyl sites for hydroxylation is 1. The maximum absolute atomic E-state index is 13.3. The topological polar surface area (TPSA) is 89.6 Å². The van der Waals surface area contributed by atoms with Crippen LogP contribution in [0.1, 0.15) is 36.0 Å². The Labute approximate surface area is 194 Å². The van der Waals surface area contributed by atoms with E-state index in [1.54, 1.807) is 29.2 Å². The molecule has 0 aliphatic heterocycles. The number of carbonyl (C=O) groups is 2. The first-order chi connectivity index (χ1) is 16.0. The monoisotopic (exact) mass is 444 g/mol. The molecule has 7 nitrogen and oxygen atoms in total. The summed E-state index contributed by atoms with van der Waals surface area (Å²) in [5.74, 6) is 1.31. The number of rotatable bonds is 9. The zero-order valence-electron chi connectivity index (χ0n) is 19.0. The molecule has 1 heterocycles. The van der Waals surface area contributed by atoms with Gasteiger partial charge in [0.25, 0.3) is 0 Å². The average Bonchev–Trinajstić information content (AvgIpc) is 3.24. The maximum atomic E-state index is 13.3. The number of carbonyl (C=O) groups excluding carboxylic acids is 2. The zero-order valence-corrected chi connectivity index (χ0v) is 19.0. The standard InChI is InChI=1S/C26H28N4O3/c1-3-15-29(26(32)28-23-12-10-21(16-27)11-13-23)19-25(31)30(17-22-7-5-4-6-8-22)18-24-14-9-20(2)33-24/h4-14H,3,15,17-19H2,1-2H3,(H,28,32). The fourth-order valence-electron chi connectivity index (χ4n) is 3.41. The number of furan rings is 1. The second-order valence-electron chi connectivity index (χ2n) is 7.79. The molecule has 0 unspecified atom stereocenters. The molecule has 1 N–H and O–H groups in total. The summed E-state index contributed by atoms with van der Waals surface area (Å²) in [6.07, 6.45) is 0.712. The molecule has 2 aromatic carbocycles. The Bertz CT molecular complexity index is 1100. The molecule has 0 spiro atoms. The van der Waals surface area contributed by atoms with E-state index in [2.05, 4.69) is 5.32 Å². The minimum absolute atomic E-state index is 0.0531. The molecule has 0 radical (unpaired) electrons. The van der Waals surface area contributed by atoms with E-state index in [4.69, 9.17) is 9.68 Å². The van der Waals surface area contributed by atoms with E-state index in [9.17, 15) is 9.59 Å². The molecule has 7 heteroatoms. The van der Waals surface area contributed by atoms with Crippen molar-refractivity contribution in [1.29, 1.82) is 5.26 Å². The summed E-state index contributed by atoms with van der Waals surface area (Å²) >= 11 is 0. The van der Waals surface area contributed by atoms with Crippen molar-refractivity contribution in [2.75, 3.05) is 18.4 Å². The summed E-state index contributed by atoms with van der Waals surface area (Å²) in [6, 6.07) is 21.8. The van der Waals surface area contributed by atoms with Gasteiger partial charge in [0.05, 0.1) is 18.2 Å². The van der Waals surface area contributed by atoms with E-state index in [0.29, 0.717) is 43.1 Å². The van der Waals surface area contributed by atoms with E-state index in [1.807, 2.05) is 62.4 Å². The molecule has 0 aliphatic rings. The van der Waals surface area contributed by atoms with Crippen molar-refractivity contribution in [2.45, 2.75) is 33.4 Å². The van der Waals surface area contributed by atoms with Crippen LogP contribution in [0.2, 0.25) is 0 Å². The van der Waals surface area contributed by atoms with Gasteiger partial charge in [-0.2, -0.15) is 5.26 Å². The fraction of sp³-hybridized carbons (Fsp3) is 0.269. The summed E-state index contributed by atoms with van der Waals surface area (Å²) in [4.78, 5) is 29.4. The van der Waals surface area contributed by atoms with Crippen molar-refractivity contribution in [2.24, 2.45) is 0 Å². The van der Waals surface area contributed by atoms with Crippen LogP contribution in [0.5, 0.6) is 0 Å². The number of amides is 3. The average molecular weight is 445 g/mol. The van der Waals surface area contributed by atoms with E-state index in [0.717, 1.165) is 11.3 Å². The predicted octanol–water partition coefficient (Wildman–Crippen LogP) is 4.93. The quantitative estimate of drug-likeness (QED) is 0.507. The zero-order chi connectivity index (χ0) is 23.6. The maximum Gasteiger partial charge on any atom is 0.322 e. The largest absolute Gasteiger partial charge is 0.464 e. The highest BCUT2D eigenvalue weighted by Gasteiger charge is 2.22. The molecule has 33 heavy (non-hydrogen) atoms.